The van der Waals surface area contributed by atoms with Crippen molar-refractivity contribution in [2.24, 2.45) is 0 Å². The standard InChI is InChI=1S/C13H18N4O/c1-3-18-13-5-11(14)4-12(6-13)15-7-10-8-16-17-9(10)2/h4-6,8,15H,3,7,14H2,1-2H3,(H,16,17). The maximum absolute atomic E-state index is 5.83. The Kier molecular flexibility index (Phi) is 3.72. The maximum atomic E-state index is 5.83. The monoisotopic (exact) mass is 246 g/mol. The molecule has 5 nitrogen and oxygen atoms in total. The first kappa shape index (κ1) is 12.3. The quantitative estimate of drug-likeness (QED) is 0.708. The Morgan fingerprint density at radius 1 is 1.39 bits per heavy atom. The molecule has 0 aliphatic heterocycles. The number of aromatic nitrogens is 2. The van der Waals surface area contributed by atoms with Gasteiger partial charge in [-0.1, -0.05) is 0 Å². The Balaban J connectivity index is 2.07. The van der Waals surface area contributed by atoms with Crippen LogP contribution >= 0.6 is 0 Å². The molecule has 2 rings (SSSR count). The summed E-state index contributed by atoms with van der Waals surface area (Å²) in [6, 6.07) is 5.64. The molecule has 4 N–H and O–H groups in total. The predicted molar refractivity (Wildman–Crippen MR) is 72.7 cm³/mol. The van der Waals surface area contributed by atoms with Crippen molar-refractivity contribution in [2.45, 2.75) is 20.4 Å². The van der Waals surface area contributed by atoms with E-state index < -0.39 is 0 Å². The Hall–Kier alpha value is -2.17. The summed E-state index contributed by atoms with van der Waals surface area (Å²) in [6.07, 6.45) is 1.82. The minimum atomic E-state index is 0.629. The van der Waals surface area contributed by atoms with Crippen LogP contribution in [0.4, 0.5) is 11.4 Å². The van der Waals surface area contributed by atoms with Gasteiger partial charge in [0, 0.05) is 41.3 Å². The van der Waals surface area contributed by atoms with E-state index in [0.717, 1.165) is 22.7 Å². The van der Waals surface area contributed by atoms with Gasteiger partial charge in [0.15, 0.2) is 0 Å². The highest BCUT2D eigenvalue weighted by Crippen LogP contribution is 2.23. The first-order chi connectivity index (χ1) is 8.69. The minimum Gasteiger partial charge on any atom is -0.494 e. The Morgan fingerprint density at radius 2 is 2.22 bits per heavy atom. The molecule has 0 unspecified atom stereocenters. The van der Waals surface area contributed by atoms with Gasteiger partial charge >= 0.3 is 0 Å². The number of aryl methyl sites for hydroxylation is 1. The van der Waals surface area contributed by atoms with Gasteiger partial charge in [0.1, 0.15) is 5.75 Å². The van der Waals surface area contributed by atoms with Gasteiger partial charge in [-0.3, -0.25) is 5.10 Å². The van der Waals surface area contributed by atoms with Crippen molar-refractivity contribution < 1.29 is 4.74 Å². The largest absolute Gasteiger partial charge is 0.494 e. The van der Waals surface area contributed by atoms with Crippen LogP contribution in [0, 0.1) is 6.92 Å². The fourth-order valence-electron chi connectivity index (χ4n) is 1.73. The molecular weight excluding hydrogens is 228 g/mol. The van der Waals surface area contributed by atoms with Crippen LogP contribution < -0.4 is 15.8 Å². The number of anilines is 2. The summed E-state index contributed by atoms with van der Waals surface area (Å²) >= 11 is 0. The number of H-pyrrole nitrogens is 1. The first-order valence-corrected chi connectivity index (χ1v) is 5.95. The van der Waals surface area contributed by atoms with Gasteiger partial charge in [0.25, 0.3) is 0 Å². The SMILES string of the molecule is CCOc1cc(N)cc(NCc2cn[nH]c2C)c1. The van der Waals surface area contributed by atoms with Crippen LogP contribution in [-0.4, -0.2) is 16.8 Å². The molecule has 0 saturated carbocycles. The molecule has 0 radical (unpaired) electrons. The fourth-order valence-corrected chi connectivity index (χ4v) is 1.73. The highest BCUT2D eigenvalue weighted by Gasteiger charge is 2.02. The molecule has 18 heavy (non-hydrogen) atoms. The molecule has 96 valence electrons. The zero-order valence-corrected chi connectivity index (χ0v) is 10.7. The van der Waals surface area contributed by atoms with E-state index in [1.165, 1.54) is 0 Å². The summed E-state index contributed by atoms with van der Waals surface area (Å²) in [4.78, 5) is 0. The Morgan fingerprint density at radius 3 is 2.89 bits per heavy atom. The highest BCUT2D eigenvalue weighted by atomic mass is 16.5. The van der Waals surface area contributed by atoms with Crippen LogP contribution in [0.5, 0.6) is 5.75 Å². The number of hydrogen-bond acceptors (Lipinski definition) is 4. The van der Waals surface area contributed by atoms with Gasteiger partial charge in [-0.05, 0) is 19.9 Å². The third-order valence-corrected chi connectivity index (χ3v) is 2.66. The third kappa shape index (κ3) is 2.94. The molecule has 0 saturated heterocycles. The number of nitrogen functional groups attached to an aromatic ring is 1. The van der Waals surface area contributed by atoms with Crippen LogP contribution in [0.25, 0.3) is 0 Å². The average Bonchev–Trinajstić information content (AvgIpc) is 2.72. The molecule has 1 aromatic heterocycles. The lowest BCUT2D eigenvalue weighted by Crippen LogP contribution is -2.01. The second kappa shape index (κ2) is 5.44. The van der Waals surface area contributed by atoms with E-state index in [1.54, 1.807) is 0 Å². The lowest BCUT2D eigenvalue weighted by Gasteiger charge is -2.10. The van der Waals surface area contributed by atoms with Crippen LogP contribution in [0.1, 0.15) is 18.2 Å². The number of hydrogen-bond donors (Lipinski definition) is 3. The molecule has 2 aromatic rings. The smallest absolute Gasteiger partial charge is 0.123 e. The molecule has 0 fully saturated rings. The van der Waals surface area contributed by atoms with Gasteiger partial charge in [-0.15, -0.1) is 0 Å². The van der Waals surface area contributed by atoms with E-state index in [-0.39, 0.29) is 0 Å². The van der Waals surface area contributed by atoms with Crippen molar-refractivity contribution in [1.82, 2.24) is 10.2 Å². The Labute approximate surface area is 106 Å². The zero-order chi connectivity index (χ0) is 13.0. The summed E-state index contributed by atoms with van der Waals surface area (Å²) in [6.45, 7) is 5.28. The first-order valence-electron chi connectivity index (χ1n) is 5.95. The third-order valence-electron chi connectivity index (χ3n) is 2.66. The van der Waals surface area contributed by atoms with Crippen molar-refractivity contribution in [2.75, 3.05) is 17.7 Å². The van der Waals surface area contributed by atoms with Crippen molar-refractivity contribution in [3.63, 3.8) is 0 Å². The fraction of sp³-hybridized carbons (Fsp3) is 0.308. The van der Waals surface area contributed by atoms with Crippen LogP contribution in [0.15, 0.2) is 24.4 Å². The van der Waals surface area contributed by atoms with E-state index in [2.05, 4.69) is 15.5 Å². The van der Waals surface area contributed by atoms with Gasteiger partial charge in [0.05, 0.1) is 12.8 Å². The van der Waals surface area contributed by atoms with E-state index in [0.29, 0.717) is 18.8 Å². The topological polar surface area (TPSA) is 76.0 Å². The molecule has 0 aliphatic carbocycles. The summed E-state index contributed by atoms with van der Waals surface area (Å²) < 4.78 is 5.45. The molecule has 0 spiro atoms. The molecular formula is C13H18N4O. The summed E-state index contributed by atoms with van der Waals surface area (Å²) in [7, 11) is 0. The molecule has 0 amide bonds. The number of nitrogens with one attached hydrogen (secondary N) is 2. The lowest BCUT2D eigenvalue weighted by atomic mass is 10.2. The predicted octanol–water partition coefficient (Wildman–Crippen LogP) is 2.31. The van der Waals surface area contributed by atoms with E-state index in [9.17, 15) is 0 Å². The normalized spacial score (nSPS) is 10.3. The summed E-state index contributed by atoms with van der Waals surface area (Å²) in [5.41, 5.74) is 9.66. The van der Waals surface area contributed by atoms with Crippen molar-refractivity contribution in [3.05, 3.63) is 35.7 Å². The van der Waals surface area contributed by atoms with Crippen molar-refractivity contribution in [3.8, 4) is 5.75 Å². The number of aromatic amines is 1. The molecule has 0 atom stereocenters. The van der Waals surface area contributed by atoms with Crippen molar-refractivity contribution >= 4 is 11.4 Å². The number of rotatable bonds is 5. The molecule has 0 aliphatic rings. The van der Waals surface area contributed by atoms with Crippen LogP contribution in [-0.2, 0) is 6.54 Å². The van der Waals surface area contributed by atoms with E-state index in [4.69, 9.17) is 10.5 Å². The minimum absolute atomic E-state index is 0.629. The number of nitrogens with zero attached hydrogens (tertiary/aromatic N) is 1. The highest BCUT2D eigenvalue weighted by molar-refractivity contribution is 5.59. The van der Waals surface area contributed by atoms with Gasteiger partial charge in [-0.2, -0.15) is 5.10 Å². The van der Waals surface area contributed by atoms with Crippen LogP contribution in [0.3, 0.4) is 0 Å². The van der Waals surface area contributed by atoms with Gasteiger partial charge in [0.2, 0.25) is 0 Å². The lowest BCUT2D eigenvalue weighted by molar-refractivity contribution is 0.340. The average molecular weight is 246 g/mol. The molecule has 5 heteroatoms. The zero-order valence-electron chi connectivity index (χ0n) is 10.7. The number of ether oxygens (including phenoxy) is 1. The molecule has 1 aromatic carbocycles. The molecule has 0 bridgehead atoms. The van der Waals surface area contributed by atoms with E-state index in [1.807, 2.05) is 38.2 Å². The Bertz CT molecular complexity index is 521. The van der Waals surface area contributed by atoms with Crippen molar-refractivity contribution in [1.29, 1.82) is 0 Å². The van der Waals surface area contributed by atoms with Gasteiger partial charge < -0.3 is 15.8 Å². The maximum Gasteiger partial charge on any atom is 0.123 e. The van der Waals surface area contributed by atoms with Crippen LogP contribution in [0.2, 0.25) is 0 Å². The summed E-state index contributed by atoms with van der Waals surface area (Å²) in [5, 5.41) is 10.2. The van der Waals surface area contributed by atoms with Gasteiger partial charge in [-0.25, -0.2) is 0 Å². The number of benzene rings is 1. The summed E-state index contributed by atoms with van der Waals surface area (Å²) in [5.74, 6) is 0.781. The second-order valence-corrected chi connectivity index (χ2v) is 4.10. The second-order valence-electron chi connectivity index (χ2n) is 4.10. The van der Waals surface area contributed by atoms with E-state index >= 15 is 0 Å². The molecule has 1 heterocycles. The number of nitrogens with two attached hydrogens (primary N) is 1.